The van der Waals surface area contributed by atoms with E-state index in [1.165, 1.54) is 0 Å². The molecule has 0 spiro atoms. The molecule has 2 atom stereocenters. The maximum Gasteiger partial charge on any atom is 0.165 e. The fourth-order valence-corrected chi connectivity index (χ4v) is 2.43. The Labute approximate surface area is 102 Å². The van der Waals surface area contributed by atoms with Crippen LogP contribution in [0.15, 0.2) is 24.3 Å². The van der Waals surface area contributed by atoms with Crippen molar-refractivity contribution in [2.45, 2.75) is 33.1 Å². The van der Waals surface area contributed by atoms with Crippen LogP contribution in [0.1, 0.15) is 42.1 Å². The predicted octanol–water partition coefficient (Wildman–Crippen LogP) is 3.18. The number of ketones is 2. The molecule has 2 rings (SSSR count). The van der Waals surface area contributed by atoms with E-state index in [9.17, 15) is 9.59 Å². The lowest BCUT2D eigenvalue weighted by molar-refractivity contribution is -0.124. The first-order chi connectivity index (χ1) is 8.08. The number of Topliss-reactive ketones (excluding diaryl/α,β-unsaturated/α-hetero) is 2. The van der Waals surface area contributed by atoms with E-state index in [0.717, 1.165) is 17.5 Å². The first-order valence-electron chi connectivity index (χ1n) is 6.21. The second-order valence-corrected chi connectivity index (χ2v) is 5.07. The zero-order valence-electron chi connectivity index (χ0n) is 10.4. The zero-order valence-corrected chi connectivity index (χ0v) is 10.4. The summed E-state index contributed by atoms with van der Waals surface area (Å²) >= 11 is 0. The molecule has 0 radical (unpaired) electrons. The highest BCUT2D eigenvalue weighted by Crippen LogP contribution is 2.28. The molecule has 1 saturated carbocycles. The van der Waals surface area contributed by atoms with E-state index in [1.807, 2.05) is 38.1 Å². The van der Waals surface area contributed by atoms with Crippen LogP contribution in [0.4, 0.5) is 0 Å². The van der Waals surface area contributed by atoms with Gasteiger partial charge in [-0.1, -0.05) is 36.8 Å². The molecule has 2 unspecified atom stereocenters. The second kappa shape index (κ2) is 4.82. The minimum atomic E-state index is 0.0328. The van der Waals surface area contributed by atoms with Crippen molar-refractivity contribution in [3.8, 4) is 0 Å². The highest BCUT2D eigenvalue weighted by Gasteiger charge is 2.30. The minimum Gasteiger partial charge on any atom is -0.299 e. The van der Waals surface area contributed by atoms with Gasteiger partial charge in [0.15, 0.2) is 5.78 Å². The van der Waals surface area contributed by atoms with Gasteiger partial charge in [-0.15, -0.1) is 0 Å². The summed E-state index contributed by atoms with van der Waals surface area (Å²) in [5.41, 5.74) is 1.94. The Morgan fingerprint density at radius 2 is 1.88 bits per heavy atom. The van der Waals surface area contributed by atoms with Gasteiger partial charge in [0.1, 0.15) is 5.78 Å². The molecule has 90 valence electrons. The van der Waals surface area contributed by atoms with Gasteiger partial charge >= 0.3 is 0 Å². The summed E-state index contributed by atoms with van der Waals surface area (Å²) in [6.07, 6.45) is 1.99. The maximum absolute atomic E-state index is 12.3. The average molecular weight is 230 g/mol. The number of carbonyl (C=O) groups excluding carboxylic acids is 2. The third kappa shape index (κ3) is 2.63. The summed E-state index contributed by atoms with van der Waals surface area (Å²) in [5, 5.41) is 0. The molecule has 2 heteroatoms. The third-order valence-corrected chi connectivity index (χ3v) is 3.63. The number of hydrogen-bond donors (Lipinski definition) is 0. The number of carbonyl (C=O) groups is 2. The summed E-state index contributed by atoms with van der Waals surface area (Å²) in [5.74, 6) is 0.580. The molecule has 2 nitrogen and oxygen atoms in total. The van der Waals surface area contributed by atoms with Gasteiger partial charge in [-0.3, -0.25) is 9.59 Å². The Bertz CT molecular complexity index is 431. The summed E-state index contributed by atoms with van der Waals surface area (Å²) in [4.78, 5) is 23.7. The zero-order chi connectivity index (χ0) is 12.4. The fraction of sp³-hybridized carbons (Fsp3) is 0.467. The molecular weight excluding hydrogens is 212 g/mol. The molecule has 0 amide bonds. The molecule has 1 aromatic rings. The van der Waals surface area contributed by atoms with Crippen molar-refractivity contribution in [1.82, 2.24) is 0 Å². The van der Waals surface area contributed by atoms with Gasteiger partial charge in [0, 0.05) is 23.8 Å². The van der Waals surface area contributed by atoms with Crippen LogP contribution >= 0.6 is 0 Å². The van der Waals surface area contributed by atoms with Crippen LogP contribution in [0.2, 0.25) is 0 Å². The number of aryl methyl sites for hydroxylation is 1. The molecule has 0 bridgehead atoms. The third-order valence-electron chi connectivity index (χ3n) is 3.63. The Hall–Kier alpha value is -1.44. The molecule has 1 aliphatic rings. The number of rotatable bonds is 2. The lowest BCUT2D eigenvalue weighted by Gasteiger charge is -2.24. The van der Waals surface area contributed by atoms with Gasteiger partial charge < -0.3 is 0 Å². The molecule has 1 aromatic carbocycles. The van der Waals surface area contributed by atoms with Gasteiger partial charge in [-0.25, -0.2) is 0 Å². The van der Waals surface area contributed by atoms with E-state index >= 15 is 0 Å². The summed E-state index contributed by atoms with van der Waals surface area (Å²) in [7, 11) is 0. The van der Waals surface area contributed by atoms with Gasteiger partial charge in [0.25, 0.3) is 0 Å². The Morgan fingerprint density at radius 3 is 2.47 bits per heavy atom. The van der Waals surface area contributed by atoms with Crippen LogP contribution < -0.4 is 0 Å². The number of benzene rings is 1. The first kappa shape index (κ1) is 12.0. The molecule has 1 fully saturated rings. The molecule has 0 saturated heterocycles. The van der Waals surface area contributed by atoms with Gasteiger partial charge in [-0.05, 0) is 19.8 Å². The molecule has 0 N–H and O–H groups in total. The second-order valence-electron chi connectivity index (χ2n) is 5.07. The predicted molar refractivity (Wildman–Crippen MR) is 67.0 cm³/mol. The molecule has 0 heterocycles. The number of hydrogen-bond acceptors (Lipinski definition) is 2. The van der Waals surface area contributed by atoms with Crippen molar-refractivity contribution >= 4 is 11.6 Å². The maximum atomic E-state index is 12.3. The van der Waals surface area contributed by atoms with Crippen molar-refractivity contribution in [3.63, 3.8) is 0 Å². The lowest BCUT2D eigenvalue weighted by Crippen LogP contribution is -2.27. The SMILES string of the molecule is Cc1ccc(C(=O)C2CCC(=O)C(C)C2)cc1. The van der Waals surface area contributed by atoms with Crippen molar-refractivity contribution in [1.29, 1.82) is 0 Å². The molecular formula is C15H18O2. The highest BCUT2D eigenvalue weighted by atomic mass is 16.1. The van der Waals surface area contributed by atoms with E-state index in [4.69, 9.17) is 0 Å². The van der Waals surface area contributed by atoms with Crippen LogP contribution in [0.3, 0.4) is 0 Å². The van der Waals surface area contributed by atoms with Crippen molar-refractivity contribution in [2.75, 3.05) is 0 Å². The van der Waals surface area contributed by atoms with Crippen molar-refractivity contribution in [2.24, 2.45) is 11.8 Å². The van der Waals surface area contributed by atoms with Crippen molar-refractivity contribution < 1.29 is 9.59 Å². The van der Waals surface area contributed by atoms with E-state index in [-0.39, 0.29) is 17.6 Å². The van der Waals surface area contributed by atoms with Gasteiger partial charge in [-0.2, -0.15) is 0 Å². The molecule has 17 heavy (non-hydrogen) atoms. The summed E-state index contributed by atoms with van der Waals surface area (Å²) in [6.45, 7) is 3.94. The summed E-state index contributed by atoms with van der Waals surface area (Å²) in [6, 6.07) is 7.70. The standard InChI is InChI=1S/C15H18O2/c1-10-3-5-12(6-4-10)15(17)13-7-8-14(16)11(2)9-13/h3-6,11,13H,7-9H2,1-2H3. The summed E-state index contributed by atoms with van der Waals surface area (Å²) < 4.78 is 0. The van der Waals surface area contributed by atoms with Crippen LogP contribution in [0, 0.1) is 18.8 Å². The van der Waals surface area contributed by atoms with Crippen LogP contribution in [-0.4, -0.2) is 11.6 Å². The van der Waals surface area contributed by atoms with Crippen LogP contribution in [0.5, 0.6) is 0 Å². The smallest absolute Gasteiger partial charge is 0.165 e. The van der Waals surface area contributed by atoms with Gasteiger partial charge in [0.2, 0.25) is 0 Å². The first-order valence-corrected chi connectivity index (χ1v) is 6.21. The average Bonchev–Trinajstić information content (AvgIpc) is 2.33. The Kier molecular flexibility index (Phi) is 3.41. The van der Waals surface area contributed by atoms with E-state index in [2.05, 4.69) is 0 Å². The quantitative estimate of drug-likeness (QED) is 0.731. The Morgan fingerprint density at radius 1 is 1.24 bits per heavy atom. The lowest BCUT2D eigenvalue weighted by atomic mass is 9.78. The van der Waals surface area contributed by atoms with Gasteiger partial charge in [0.05, 0.1) is 0 Å². The monoisotopic (exact) mass is 230 g/mol. The van der Waals surface area contributed by atoms with Crippen LogP contribution in [-0.2, 0) is 4.79 Å². The molecule has 0 aromatic heterocycles. The van der Waals surface area contributed by atoms with E-state index < -0.39 is 0 Å². The van der Waals surface area contributed by atoms with Crippen LogP contribution in [0.25, 0.3) is 0 Å². The largest absolute Gasteiger partial charge is 0.299 e. The fourth-order valence-electron chi connectivity index (χ4n) is 2.43. The van der Waals surface area contributed by atoms with Crippen molar-refractivity contribution in [3.05, 3.63) is 35.4 Å². The molecule has 1 aliphatic carbocycles. The van der Waals surface area contributed by atoms with E-state index in [1.54, 1.807) is 0 Å². The van der Waals surface area contributed by atoms with E-state index in [0.29, 0.717) is 18.6 Å². The normalized spacial score (nSPS) is 24.7. The topological polar surface area (TPSA) is 34.1 Å². The minimum absolute atomic E-state index is 0.0328. The Balaban J connectivity index is 2.10. The highest BCUT2D eigenvalue weighted by molar-refractivity contribution is 5.99. The molecule has 0 aliphatic heterocycles.